The Labute approximate surface area is 206 Å². The van der Waals surface area contributed by atoms with E-state index in [0.29, 0.717) is 0 Å². The number of nitrogens with zero attached hydrogens (tertiary/aromatic N) is 2. The molecule has 2 aliphatic rings. The van der Waals surface area contributed by atoms with Crippen LogP contribution in [0.15, 0.2) is 72.8 Å². The summed E-state index contributed by atoms with van der Waals surface area (Å²) in [6.07, 6.45) is 0. The smallest absolute Gasteiger partial charge is 0.0420 e. The van der Waals surface area contributed by atoms with E-state index in [0.717, 1.165) is 13.1 Å². The van der Waals surface area contributed by atoms with E-state index in [9.17, 15) is 0 Å². The maximum atomic E-state index is 2.69. The van der Waals surface area contributed by atoms with E-state index < -0.39 is 0 Å². The summed E-state index contributed by atoms with van der Waals surface area (Å²) in [5.74, 6) is 0. The van der Waals surface area contributed by atoms with Crippen molar-refractivity contribution in [1.29, 1.82) is 0 Å². The van der Waals surface area contributed by atoms with Crippen LogP contribution in [0.2, 0.25) is 0 Å². The molecule has 5 rings (SSSR count). The molecule has 0 amide bonds. The van der Waals surface area contributed by atoms with Crippen LogP contribution in [0.5, 0.6) is 0 Å². The molecule has 178 valence electrons. The van der Waals surface area contributed by atoms with Crippen LogP contribution in [0, 0.1) is 0 Å². The van der Waals surface area contributed by atoms with Gasteiger partial charge in [-0.15, -0.1) is 0 Å². The Bertz CT molecular complexity index is 1050. The second kappa shape index (κ2) is 7.54. The van der Waals surface area contributed by atoms with Gasteiger partial charge < -0.3 is 0 Å². The van der Waals surface area contributed by atoms with Crippen LogP contribution in [0.25, 0.3) is 0 Å². The van der Waals surface area contributed by atoms with Gasteiger partial charge in [-0.3, -0.25) is 9.80 Å². The molecule has 0 unspecified atom stereocenters. The van der Waals surface area contributed by atoms with Crippen LogP contribution in [-0.2, 0) is 35.2 Å². The van der Waals surface area contributed by atoms with E-state index in [-0.39, 0.29) is 22.2 Å². The highest BCUT2D eigenvalue weighted by Crippen LogP contribution is 2.56. The van der Waals surface area contributed by atoms with Gasteiger partial charge in [0.1, 0.15) is 0 Å². The highest BCUT2D eigenvalue weighted by atomic mass is 15.3. The van der Waals surface area contributed by atoms with Crippen LogP contribution in [0.1, 0.15) is 88.8 Å². The fourth-order valence-electron chi connectivity index (χ4n) is 6.93. The molecule has 0 atom stereocenters. The van der Waals surface area contributed by atoms with Crippen LogP contribution < -0.4 is 0 Å². The van der Waals surface area contributed by atoms with Crippen molar-refractivity contribution in [2.75, 3.05) is 0 Å². The molecule has 0 saturated carbocycles. The van der Waals surface area contributed by atoms with Crippen molar-refractivity contribution in [3.63, 3.8) is 0 Å². The molecule has 0 N–H and O–H groups in total. The first-order valence-corrected chi connectivity index (χ1v) is 12.7. The van der Waals surface area contributed by atoms with Crippen LogP contribution in [-0.4, -0.2) is 9.80 Å². The minimum atomic E-state index is -0.0449. The van der Waals surface area contributed by atoms with E-state index in [4.69, 9.17) is 0 Å². The van der Waals surface area contributed by atoms with Crippen LogP contribution in [0.3, 0.4) is 0 Å². The first-order chi connectivity index (χ1) is 15.9. The summed E-state index contributed by atoms with van der Waals surface area (Å²) < 4.78 is 0. The van der Waals surface area contributed by atoms with Crippen molar-refractivity contribution in [3.8, 4) is 0 Å². The first-order valence-electron chi connectivity index (χ1n) is 12.7. The maximum Gasteiger partial charge on any atom is 0.0420 e. The molecule has 2 heterocycles. The van der Waals surface area contributed by atoms with Gasteiger partial charge in [0.15, 0.2) is 0 Å². The summed E-state index contributed by atoms with van der Waals surface area (Å²) in [7, 11) is 0. The monoisotopic (exact) mass is 452 g/mol. The van der Waals surface area contributed by atoms with E-state index in [1.165, 1.54) is 33.4 Å². The molecule has 0 radical (unpaired) electrons. The summed E-state index contributed by atoms with van der Waals surface area (Å²) >= 11 is 0. The van der Waals surface area contributed by atoms with Crippen molar-refractivity contribution in [2.45, 2.75) is 90.6 Å². The van der Waals surface area contributed by atoms with Gasteiger partial charge in [-0.25, -0.2) is 0 Å². The van der Waals surface area contributed by atoms with Crippen molar-refractivity contribution in [3.05, 3.63) is 106 Å². The highest BCUT2D eigenvalue weighted by molar-refractivity contribution is 5.55. The predicted molar refractivity (Wildman–Crippen MR) is 143 cm³/mol. The number of rotatable bonds is 4. The van der Waals surface area contributed by atoms with Gasteiger partial charge in [0, 0.05) is 35.2 Å². The Balaban J connectivity index is 1.60. The zero-order valence-electron chi connectivity index (χ0n) is 22.2. The number of hydrogen-bond donors (Lipinski definition) is 0. The zero-order chi connectivity index (χ0) is 24.5. The standard InChI is InChI=1S/C32H40N2/c1-29(2)25-19-27-28(20-26(25)30(3,4)33(29)21-23-15-11-9-12-16-23)32(7,8)34(31(27,5)6)22-24-17-13-10-14-18-24/h9-20H,21-22H2,1-8H3. The summed E-state index contributed by atoms with van der Waals surface area (Å²) in [5.41, 5.74) is 8.50. The molecular formula is C32H40N2. The van der Waals surface area contributed by atoms with E-state index in [2.05, 4.69) is 138 Å². The molecule has 3 aromatic carbocycles. The van der Waals surface area contributed by atoms with Crippen molar-refractivity contribution in [2.24, 2.45) is 0 Å². The average Bonchev–Trinajstić information content (AvgIpc) is 3.04. The Morgan fingerprint density at radius 2 is 0.706 bits per heavy atom. The molecule has 0 aliphatic carbocycles. The molecular weight excluding hydrogens is 412 g/mol. The summed E-state index contributed by atoms with van der Waals surface area (Å²) in [5, 5.41) is 0. The third-order valence-corrected chi connectivity index (χ3v) is 8.86. The molecule has 34 heavy (non-hydrogen) atoms. The summed E-state index contributed by atoms with van der Waals surface area (Å²) in [4.78, 5) is 5.38. The van der Waals surface area contributed by atoms with Crippen molar-refractivity contribution < 1.29 is 0 Å². The van der Waals surface area contributed by atoms with Gasteiger partial charge >= 0.3 is 0 Å². The minimum absolute atomic E-state index is 0.0449. The Kier molecular flexibility index (Phi) is 5.17. The Morgan fingerprint density at radius 1 is 0.441 bits per heavy atom. The number of fused-ring (bicyclic) bond motifs is 2. The molecule has 0 saturated heterocycles. The largest absolute Gasteiger partial charge is 0.281 e. The lowest BCUT2D eigenvalue weighted by molar-refractivity contribution is 0.0270. The molecule has 2 heteroatoms. The number of hydrogen-bond acceptors (Lipinski definition) is 2. The third-order valence-electron chi connectivity index (χ3n) is 8.86. The third kappa shape index (κ3) is 3.30. The van der Waals surface area contributed by atoms with E-state index in [1.807, 2.05) is 0 Å². The lowest BCUT2D eigenvalue weighted by atomic mass is 9.81. The predicted octanol–water partition coefficient (Wildman–Crippen LogP) is 7.66. The topological polar surface area (TPSA) is 6.48 Å². The second-order valence-corrected chi connectivity index (χ2v) is 12.3. The quantitative estimate of drug-likeness (QED) is 0.401. The molecule has 3 aromatic rings. The second-order valence-electron chi connectivity index (χ2n) is 12.3. The van der Waals surface area contributed by atoms with Gasteiger partial charge in [0.05, 0.1) is 0 Å². The maximum absolute atomic E-state index is 2.69. The molecule has 0 fully saturated rings. The van der Waals surface area contributed by atoms with Gasteiger partial charge in [0.2, 0.25) is 0 Å². The molecule has 2 aliphatic heterocycles. The average molecular weight is 453 g/mol. The van der Waals surface area contributed by atoms with Gasteiger partial charge in [-0.1, -0.05) is 72.8 Å². The summed E-state index contributed by atoms with van der Waals surface area (Å²) in [6.45, 7) is 21.2. The Hall–Kier alpha value is -2.42. The normalized spacial score (nSPS) is 21.9. The molecule has 0 bridgehead atoms. The fourth-order valence-corrected chi connectivity index (χ4v) is 6.93. The Morgan fingerprint density at radius 3 is 0.971 bits per heavy atom. The summed E-state index contributed by atoms with van der Waals surface area (Å²) in [6, 6.07) is 27.0. The lowest BCUT2D eigenvalue weighted by Gasteiger charge is -2.42. The number of benzene rings is 3. The first kappa shape index (κ1) is 23.3. The SMILES string of the molecule is CC1(C)c2cc3c(cc2C(C)(C)N1Cc1ccccc1)C(C)(C)N(Cc1ccccc1)C3(C)C. The van der Waals surface area contributed by atoms with E-state index >= 15 is 0 Å². The van der Waals surface area contributed by atoms with Crippen molar-refractivity contribution >= 4 is 0 Å². The molecule has 2 nitrogen and oxygen atoms in total. The van der Waals surface area contributed by atoms with Crippen molar-refractivity contribution in [1.82, 2.24) is 9.80 Å². The fraction of sp³-hybridized carbons (Fsp3) is 0.438. The van der Waals surface area contributed by atoms with Crippen LogP contribution >= 0.6 is 0 Å². The highest BCUT2D eigenvalue weighted by Gasteiger charge is 2.54. The minimum Gasteiger partial charge on any atom is -0.281 e. The zero-order valence-corrected chi connectivity index (χ0v) is 22.2. The molecule has 0 spiro atoms. The van der Waals surface area contributed by atoms with E-state index in [1.54, 1.807) is 0 Å². The van der Waals surface area contributed by atoms with Crippen LogP contribution in [0.4, 0.5) is 0 Å². The van der Waals surface area contributed by atoms with Gasteiger partial charge in [0.25, 0.3) is 0 Å². The molecule has 0 aromatic heterocycles. The van der Waals surface area contributed by atoms with Gasteiger partial charge in [-0.2, -0.15) is 0 Å². The lowest BCUT2D eigenvalue weighted by Crippen LogP contribution is -2.45. The van der Waals surface area contributed by atoms with Gasteiger partial charge in [-0.05, 0) is 88.8 Å².